The third-order valence-corrected chi connectivity index (χ3v) is 6.43. The molecule has 1 unspecified atom stereocenters. The fraction of sp³-hybridized carbons (Fsp3) is 0.526. The molecule has 5 heterocycles. The summed E-state index contributed by atoms with van der Waals surface area (Å²) in [4.78, 5) is 33.8. The summed E-state index contributed by atoms with van der Waals surface area (Å²) in [6.07, 6.45) is 5.53. The zero-order chi connectivity index (χ0) is 19.6. The van der Waals surface area contributed by atoms with Crippen molar-refractivity contribution >= 4 is 39.3 Å². The van der Waals surface area contributed by atoms with E-state index < -0.39 is 5.92 Å². The Morgan fingerprint density at radius 3 is 3.00 bits per heavy atom. The highest BCUT2D eigenvalue weighted by molar-refractivity contribution is 7.18. The Kier molecular flexibility index (Phi) is 5.21. The molecule has 3 aliphatic heterocycles. The summed E-state index contributed by atoms with van der Waals surface area (Å²) in [7, 11) is 0. The molecule has 2 N–H and O–H groups in total. The molecule has 0 radical (unpaired) electrons. The van der Waals surface area contributed by atoms with Crippen molar-refractivity contribution in [1.82, 2.24) is 25.5 Å². The molecular formula is C19H23N7O2S. The lowest BCUT2D eigenvalue weighted by Gasteiger charge is -2.33. The Bertz CT molecular complexity index is 927. The molecule has 0 spiro atoms. The van der Waals surface area contributed by atoms with Crippen LogP contribution in [0.2, 0.25) is 0 Å². The number of piperidine rings is 1. The number of nitrogens with one attached hydrogen (secondary N) is 2. The molecule has 2 fully saturated rings. The van der Waals surface area contributed by atoms with Gasteiger partial charge in [-0.25, -0.2) is 4.98 Å². The number of hydrogen-bond donors (Lipinski definition) is 2. The van der Waals surface area contributed by atoms with E-state index in [-0.39, 0.29) is 11.9 Å². The molecule has 2 aromatic heterocycles. The molecule has 2 aromatic rings. The van der Waals surface area contributed by atoms with Crippen LogP contribution in [0.1, 0.15) is 23.8 Å². The maximum Gasteiger partial charge on any atom is 0.244 e. The second kappa shape index (κ2) is 8.13. The number of nitrogens with zero attached hydrogens (tertiary/aromatic N) is 5. The average molecular weight is 414 g/mol. The number of carbonyl (C=O) groups excluding carboxylic acids is 1. The summed E-state index contributed by atoms with van der Waals surface area (Å²) in [5.74, 6) is 0.394. The van der Waals surface area contributed by atoms with E-state index in [2.05, 4.69) is 25.5 Å². The van der Waals surface area contributed by atoms with Crippen molar-refractivity contribution in [3.8, 4) is 0 Å². The van der Waals surface area contributed by atoms with Crippen LogP contribution in [-0.2, 0) is 9.53 Å². The highest BCUT2D eigenvalue weighted by Crippen LogP contribution is 2.30. The van der Waals surface area contributed by atoms with Crippen LogP contribution in [0.3, 0.4) is 0 Å². The first-order chi connectivity index (χ1) is 14.3. The van der Waals surface area contributed by atoms with E-state index in [1.54, 1.807) is 12.4 Å². The first-order valence-electron chi connectivity index (χ1n) is 9.99. The lowest BCUT2D eigenvalue weighted by atomic mass is 10.0. The van der Waals surface area contributed by atoms with Crippen LogP contribution in [0, 0.1) is 0 Å². The normalized spacial score (nSPS) is 27.2. The number of aromatic nitrogens is 2. The summed E-state index contributed by atoms with van der Waals surface area (Å²) >= 11 is 1.50. The SMILES string of the molecule is O=C1NC(N2CCOCC2)=NC(=N[C@@H]2CCCNC2)C1c1nc2cnccc2s1. The zero-order valence-corrected chi connectivity index (χ0v) is 16.8. The van der Waals surface area contributed by atoms with Gasteiger partial charge >= 0.3 is 0 Å². The van der Waals surface area contributed by atoms with Crippen LogP contribution in [-0.4, -0.2) is 78.0 Å². The first-order valence-corrected chi connectivity index (χ1v) is 10.8. The van der Waals surface area contributed by atoms with E-state index in [1.165, 1.54) is 11.3 Å². The van der Waals surface area contributed by atoms with Gasteiger partial charge in [-0.15, -0.1) is 11.3 Å². The van der Waals surface area contributed by atoms with Gasteiger partial charge in [-0.1, -0.05) is 0 Å². The number of hydrogen-bond acceptors (Lipinski definition) is 8. The summed E-state index contributed by atoms with van der Waals surface area (Å²) in [6.45, 7) is 4.48. The molecule has 1 amide bonds. The molecule has 2 atom stereocenters. The molecule has 0 bridgehead atoms. The molecule has 9 nitrogen and oxygen atoms in total. The number of ether oxygens (including phenoxy) is 1. The fourth-order valence-corrected chi connectivity index (χ4v) is 4.83. The number of fused-ring (bicyclic) bond motifs is 1. The number of amidine groups is 1. The summed E-state index contributed by atoms with van der Waals surface area (Å²) in [6, 6.07) is 2.04. The Morgan fingerprint density at radius 1 is 1.31 bits per heavy atom. The molecule has 0 aromatic carbocycles. The molecule has 2 saturated heterocycles. The predicted octanol–water partition coefficient (Wildman–Crippen LogP) is 0.743. The molecule has 152 valence electrons. The fourth-order valence-electron chi connectivity index (χ4n) is 3.80. The highest BCUT2D eigenvalue weighted by Gasteiger charge is 2.36. The van der Waals surface area contributed by atoms with Gasteiger partial charge in [0.25, 0.3) is 0 Å². The second-order valence-corrected chi connectivity index (χ2v) is 8.40. The van der Waals surface area contributed by atoms with E-state index in [4.69, 9.17) is 14.7 Å². The molecule has 3 aliphatic rings. The van der Waals surface area contributed by atoms with Crippen LogP contribution in [0.25, 0.3) is 10.2 Å². The van der Waals surface area contributed by atoms with Crippen molar-refractivity contribution < 1.29 is 9.53 Å². The molecule has 5 rings (SSSR count). The van der Waals surface area contributed by atoms with Gasteiger partial charge in [0.05, 0.1) is 35.7 Å². The van der Waals surface area contributed by atoms with Gasteiger partial charge in [0.15, 0.2) is 0 Å². The number of guanidine groups is 1. The van der Waals surface area contributed by atoms with Gasteiger partial charge in [0.1, 0.15) is 16.8 Å². The Balaban J connectivity index is 1.53. The standard InChI is InChI=1S/C19H23N7O2S/c27-17-15(18-23-13-11-21-5-3-14(13)29-18)16(22-12-2-1-4-20-10-12)24-19(25-17)26-6-8-28-9-7-26/h3,5,11-12,15,20H,1-2,4,6-10H2,(H,22,24,25,27)/t12-,15?/m1/s1. The number of carbonyl (C=O) groups is 1. The van der Waals surface area contributed by atoms with Crippen molar-refractivity contribution in [1.29, 1.82) is 0 Å². The van der Waals surface area contributed by atoms with E-state index >= 15 is 0 Å². The zero-order valence-electron chi connectivity index (χ0n) is 16.0. The van der Waals surface area contributed by atoms with Gasteiger partial charge in [0.2, 0.25) is 11.9 Å². The molecular weight excluding hydrogens is 390 g/mol. The number of rotatable bonds is 2. The number of thiazole rings is 1. The minimum Gasteiger partial charge on any atom is -0.378 e. The number of amides is 1. The van der Waals surface area contributed by atoms with Gasteiger partial charge in [-0.2, -0.15) is 4.99 Å². The van der Waals surface area contributed by atoms with Crippen molar-refractivity contribution in [2.24, 2.45) is 9.98 Å². The van der Waals surface area contributed by atoms with E-state index in [9.17, 15) is 4.79 Å². The number of pyridine rings is 1. The summed E-state index contributed by atoms with van der Waals surface area (Å²) < 4.78 is 6.43. The Labute approximate surface area is 172 Å². The lowest BCUT2D eigenvalue weighted by Crippen LogP contribution is -2.53. The third-order valence-electron chi connectivity index (χ3n) is 5.33. The van der Waals surface area contributed by atoms with Crippen molar-refractivity contribution in [2.45, 2.75) is 24.8 Å². The lowest BCUT2D eigenvalue weighted by molar-refractivity contribution is -0.120. The van der Waals surface area contributed by atoms with Gasteiger partial charge in [0, 0.05) is 25.8 Å². The maximum atomic E-state index is 13.2. The minimum atomic E-state index is -0.598. The van der Waals surface area contributed by atoms with E-state index in [1.807, 2.05) is 6.07 Å². The third kappa shape index (κ3) is 3.87. The largest absolute Gasteiger partial charge is 0.378 e. The van der Waals surface area contributed by atoms with Crippen LogP contribution in [0.15, 0.2) is 28.4 Å². The van der Waals surface area contributed by atoms with Crippen LogP contribution in [0.5, 0.6) is 0 Å². The monoisotopic (exact) mass is 413 g/mol. The van der Waals surface area contributed by atoms with Gasteiger partial charge in [-0.05, 0) is 25.5 Å². The van der Waals surface area contributed by atoms with Crippen molar-refractivity contribution in [2.75, 3.05) is 39.4 Å². The van der Waals surface area contributed by atoms with Crippen LogP contribution < -0.4 is 10.6 Å². The van der Waals surface area contributed by atoms with Crippen LogP contribution >= 0.6 is 11.3 Å². The van der Waals surface area contributed by atoms with E-state index in [0.29, 0.717) is 43.1 Å². The predicted molar refractivity (Wildman–Crippen MR) is 111 cm³/mol. The molecule has 29 heavy (non-hydrogen) atoms. The Hall–Kier alpha value is -2.43. The van der Waals surface area contributed by atoms with E-state index in [0.717, 1.165) is 36.1 Å². The minimum absolute atomic E-state index is 0.123. The van der Waals surface area contributed by atoms with Crippen molar-refractivity contribution in [3.05, 3.63) is 23.5 Å². The molecule has 0 saturated carbocycles. The number of morpholine rings is 1. The second-order valence-electron chi connectivity index (χ2n) is 7.34. The smallest absolute Gasteiger partial charge is 0.244 e. The summed E-state index contributed by atoms with van der Waals surface area (Å²) in [5, 5.41) is 7.07. The summed E-state index contributed by atoms with van der Waals surface area (Å²) in [5.41, 5.74) is 0.793. The van der Waals surface area contributed by atoms with Gasteiger partial charge < -0.3 is 15.0 Å². The quantitative estimate of drug-likeness (QED) is 0.753. The molecule has 10 heteroatoms. The first kappa shape index (κ1) is 18.6. The van der Waals surface area contributed by atoms with Crippen molar-refractivity contribution in [3.63, 3.8) is 0 Å². The average Bonchev–Trinajstić information content (AvgIpc) is 3.18. The maximum absolute atomic E-state index is 13.2. The molecule has 0 aliphatic carbocycles. The van der Waals surface area contributed by atoms with Crippen LogP contribution in [0.4, 0.5) is 0 Å². The highest BCUT2D eigenvalue weighted by atomic mass is 32.1. The number of aliphatic imine (C=N–C) groups is 2. The Morgan fingerprint density at radius 2 is 2.21 bits per heavy atom. The van der Waals surface area contributed by atoms with Gasteiger partial charge in [-0.3, -0.25) is 20.1 Å². The topological polar surface area (TPSA) is 104 Å².